The summed E-state index contributed by atoms with van der Waals surface area (Å²) in [5.41, 5.74) is 5.38. The third kappa shape index (κ3) is 2.27. The van der Waals surface area contributed by atoms with E-state index in [1.807, 2.05) is 50.2 Å². The van der Waals surface area contributed by atoms with Gasteiger partial charge in [0, 0.05) is 17.8 Å². The van der Waals surface area contributed by atoms with Crippen LogP contribution in [0.2, 0.25) is 0 Å². The minimum absolute atomic E-state index is 0.0265. The standard InChI is InChI=1S/C17H18N2O/c1-11-6-5-7-12(2)16(11)19-17(20)15-10-13-8-3-4-9-14(13)18-15/h3-9,15,18H,10H2,1-2H3,(H,19,20). The molecular formula is C17H18N2O. The molecule has 0 saturated heterocycles. The molecule has 102 valence electrons. The summed E-state index contributed by atoms with van der Waals surface area (Å²) in [6.07, 6.45) is 0.743. The molecule has 1 unspecified atom stereocenters. The van der Waals surface area contributed by atoms with Crippen molar-refractivity contribution in [3.8, 4) is 0 Å². The first-order chi connectivity index (χ1) is 9.65. The van der Waals surface area contributed by atoms with Gasteiger partial charge >= 0.3 is 0 Å². The van der Waals surface area contributed by atoms with E-state index < -0.39 is 0 Å². The van der Waals surface area contributed by atoms with Gasteiger partial charge in [0.25, 0.3) is 0 Å². The van der Waals surface area contributed by atoms with Gasteiger partial charge in [-0.25, -0.2) is 0 Å². The topological polar surface area (TPSA) is 41.1 Å². The molecule has 0 aromatic heterocycles. The second-order valence-corrected chi connectivity index (χ2v) is 5.31. The molecule has 0 spiro atoms. The van der Waals surface area contributed by atoms with Gasteiger partial charge in [-0.3, -0.25) is 4.79 Å². The number of para-hydroxylation sites is 2. The van der Waals surface area contributed by atoms with Crippen LogP contribution in [-0.4, -0.2) is 11.9 Å². The Morgan fingerprint density at radius 1 is 1.10 bits per heavy atom. The molecule has 1 amide bonds. The van der Waals surface area contributed by atoms with E-state index in [9.17, 15) is 4.79 Å². The summed E-state index contributed by atoms with van der Waals surface area (Å²) < 4.78 is 0. The zero-order valence-electron chi connectivity index (χ0n) is 11.7. The Kier molecular flexibility index (Phi) is 3.18. The van der Waals surface area contributed by atoms with Crippen molar-refractivity contribution in [2.24, 2.45) is 0 Å². The fourth-order valence-electron chi connectivity index (χ4n) is 2.68. The Morgan fingerprint density at radius 2 is 1.80 bits per heavy atom. The highest BCUT2D eigenvalue weighted by molar-refractivity contribution is 5.99. The van der Waals surface area contributed by atoms with Gasteiger partial charge in [-0.1, -0.05) is 36.4 Å². The van der Waals surface area contributed by atoms with Crippen LogP contribution in [0.5, 0.6) is 0 Å². The zero-order valence-corrected chi connectivity index (χ0v) is 11.7. The number of anilines is 2. The van der Waals surface area contributed by atoms with Crippen molar-refractivity contribution in [3.63, 3.8) is 0 Å². The summed E-state index contributed by atoms with van der Waals surface area (Å²) >= 11 is 0. The molecule has 0 bridgehead atoms. The van der Waals surface area contributed by atoms with Gasteiger partial charge in [0.05, 0.1) is 0 Å². The van der Waals surface area contributed by atoms with E-state index in [4.69, 9.17) is 0 Å². The van der Waals surface area contributed by atoms with Crippen molar-refractivity contribution < 1.29 is 4.79 Å². The lowest BCUT2D eigenvalue weighted by Crippen LogP contribution is -2.33. The Balaban J connectivity index is 1.76. The number of nitrogens with one attached hydrogen (secondary N) is 2. The van der Waals surface area contributed by atoms with E-state index in [-0.39, 0.29) is 11.9 Å². The summed E-state index contributed by atoms with van der Waals surface area (Å²) in [6.45, 7) is 4.03. The SMILES string of the molecule is Cc1cccc(C)c1NC(=O)C1Cc2ccccc2N1. The molecule has 0 aliphatic carbocycles. The molecule has 2 aromatic carbocycles. The van der Waals surface area contributed by atoms with Crippen molar-refractivity contribution in [3.05, 3.63) is 59.2 Å². The third-order valence-electron chi connectivity index (χ3n) is 3.82. The molecule has 2 N–H and O–H groups in total. The van der Waals surface area contributed by atoms with Gasteiger partial charge in [0.15, 0.2) is 0 Å². The highest BCUT2D eigenvalue weighted by Gasteiger charge is 2.26. The van der Waals surface area contributed by atoms with E-state index in [0.717, 1.165) is 28.9 Å². The highest BCUT2D eigenvalue weighted by Crippen LogP contribution is 2.26. The minimum Gasteiger partial charge on any atom is -0.373 e. The quantitative estimate of drug-likeness (QED) is 0.876. The Labute approximate surface area is 119 Å². The first kappa shape index (κ1) is 12.7. The molecule has 3 rings (SSSR count). The van der Waals surface area contributed by atoms with Gasteiger partial charge in [-0.2, -0.15) is 0 Å². The van der Waals surface area contributed by atoms with E-state index in [1.165, 1.54) is 5.56 Å². The van der Waals surface area contributed by atoms with Crippen LogP contribution in [0.25, 0.3) is 0 Å². The summed E-state index contributed by atoms with van der Waals surface area (Å²) in [4.78, 5) is 12.4. The van der Waals surface area contributed by atoms with Crippen LogP contribution >= 0.6 is 0 Å². The van der Waals surface area contributed by atoms with Crippen LogP contribution in [-0.2, 0) is 11.2 Å². The summed E-state index contributed by atoms with van der Waals surface area (Å²) in [5.74, 6) is 0.0265. The molecule has 1 heterocycles. The predicted octanol–water partition coefficient (Wildman–Crippen LogP) is 3.28. The van der Waals surface area contributed by atoms with Crippen LogP contribution in [0.3, 0.4) is 0 Å². The Morgan fingerprint density at radius 3 is 2.50 bits per heavy atom. The molecule has 3 nitrogen and oxygen atoms in total. The molecule has 0 fully saturated rings. The maximum Gasteiger partial charge on any atom is 0.247 e. The molecule has 20 heavy (non-hydrogen) atoms. The lowest BCUT2D eigenvalue weighted by atomic mass is 10.1. The van der Waals surface area contributed by atoms with Crippen molar-refractivity contribution in [2.75, 3.05) is 10.6 Å². The van der Waals surface area contributed by atoms with Crippen LogP contribution in [0.15, 0.2) is 42.5 Å². The molecule has 0 radical (unpaired) electrons. The number of amides is 1. The molecule has 2 aromatic rings. The molecule has 0 saturated carbocycles. The van der Waals surface area contributed by atoms with Gasteiger partial charge in [0.1, 0.15) is 6.04 Å². The molecule has 1 atom stereocenters. The monoisotopic (exact) mass is 266 g/mol. The van der Waals surface area contributed by atoms with E-state index >= 15 is 0 Å². The smallest absolute Gasteiger partial charge is 0.247 e. The normalized spacial score (nSPS) is 16.4. The zero-order chi connectivity index (χ0) is 14.1. The fraction of sp³-hybridized carbons (Fsp3) is 0.235. The lowest BCUT2D eigenvalue weighted by Gasteiger charge is -2.15. The molecular weight excluding hydrogens is 248 g/mol. The fourth-order valence-corrected chi connectivity index (χ4v) is 2.68. The van der Waals surface area contributed by atoms with E-state index in [1.54, 1.807) is 0 Å². The Hall–Kier alpha value is -2.29. The number of hydrogen-bond acceptors (Lipinski definition) is 2. The Bertz CT molecular complexity index is 619. The first-order valence-corrected chi connectivity index (χ1v) is 6.86. The number of rotatable bonds is 2. The van der Waals surface area contributed by atoms with Crippen LogP contribution in [0.1, 0.15) is 16.7 Å². The number of fused-ring (bicyclic) bond motifs is 1. The lowest BCUT2D eigenvalue weighted by molar-refractivity contribution is -0.116. The number of aryl methyl sites for hydroxylation is 2. The molecule has 1 aliphatic rings. The number of carbonyl (C=O) groups is 1. The van der Waals surface area contributed by atoms with Gasteiger partial charge < -0.3 is 10.6 Å². The van der Waals surface area contributed by atoms with Gasteiger partial charge in [0.2, 0.25) is 5.91 Å². The van der Waals surface area contributed by atoms with Crippen molar-refractivity contribution in [2.45, 2.75) is 26.3 Å². The number of hydrogen-bond donors (Lipinski definition) is 2. The first-order valence-electron chi connectivity index (χ1n) is 6.86. The third-order valence-corrected chi connectivity index (χ3v) is 3.82. The molecule has 3 heteroatoms. The van der Waals surface area contributed by atoms with Crippen LogP contribution in [0, 0.1) is 13.8 Å². The maximum atomic E-state index is 12.4. The average molecular weight is 266 g/mol. The minimum atomic E-state index is -0.189. The van der Waals surface area contributed by atoms with Gasteiger partial charge in [-0.15, -0.1) is 0 Å². The summed E-state index contributed by atoms with van der Waals surface area (Å²) in [5, 5.41) is 6.34. The summed E-state index contributed by atoms with van der Waals surface area (Å²) in [7, 11) is 0. The van der Waals surface area contributed by atoms with E-state index in [2.05, 4.69) is 16.7 Å². The molecule has 1 aliphatic heterocycles. The number of carbonyl (C=O) groups excluding carboxylic acids is 1. The predicted molar refractivity (Wildman–Crippen MR) is 82.1 cm³/mol. The second-order valence-electron chi connectivity index (χ2n) is 5.31. The van der Waals surface area contributed by atoms with Crippen molar-refractivity contribution in [1.82, 2.24) is 0 Å². The summed E-state index contributed by atoms with van der Waals surface area (Å²) in [6, 6.07) is 13.9. The average Bonchev–Trinajstić information content (AvgIpc) is 2.87. The van der Waals surface area contributed by atoms with E-state index in [0.29, 0.717) is 0 Å². The van der Waals surface area contributed by atoms with Gasteiger partial charge in [-0.05, 0) is 36.6 Å². The highest BCUT2D eigenvalue weighted by atomic mass is 16.2. The van der Waals surface area contributed by atoms with Crippen molar-refractivity contribution >= 4 is 17.3 Å². The second kappa shape index (κ2) is 5.00. The largest absolute Gasteiger partial charge is 0.373 e. The van der Waals surface area contributed by atoms with Crippen LogP contribution < -0.4 is 10.6 Å². The van der Waals surface area contributed by atoms with Crippen LogP contribution in [0.4, 0.5) is 11.4 Å². The van der Waals surface area contributed by atoms with Crippen molar-refractivity contribution in [1.29, 1.82) is 0 Å². The number of benzene rings is 2. The maximum absolute atomic E-state index is 12.4.